The van der Waals surface area contributed by atoms with E-state index >= 15 is 0 Å². The standard InChI is InChI=1S/C21H27NO5.C4H8O.ClH/c1-13-11-19(27-12-20(24)25)14(2)10-17(13)8-9-22-15(3)21(26)16-4-6-18(23)7-5-16;1-2-4-5-3-1;/h4-7,10-11,15,21-23,26H,8-9,12H2,1-3H3,(H,24,25);1-4H2;1H/t15-,21-;;/m0../s1. The number of rotatable bonds is 9. The van der Waals surface area contributed by atoms with Crippen molar-refractivity contribution >= 4 is 18.4 Å². The van der Waals surface area contributed by atoms with E-state index in [-0.39, 0.29) is 30.8 Å². The van der Waals surface area contributed by atoms with Gasteiger partial charge in [0, 0.05) is 19.3 Å². The Kier molecular flexibility index (Phi) is 12.8. The molecule has 1 fully saturated rings. The van der Waals surface area contributed by atoms with Gasteiger partial charge < -0.3 is 30.1 Å². The monoisotopic (exact) mass is 481 g/mol. The number of aliphatic carboxylic acids is 1. The van der Waals surface area contributed by atoms with Crippen molar-refractivity contribution in [1.82, 2.24) is 5.32 Å². The lowest BCUT2D eigenvalue weighted by atomic mass is 10.0. The Labute approximate surface area is 202 Å². The summed E-state index contributed by atoms with van der Waals surface area (Å²) < 4.78 is 10.2. The molecule has 0 bridgehead atoms. The number of aliphatic hydroxyl groups is 1. The molecule has 184 valence electrons. The van der Waals surface area contributed by atoms with Crippen LogP contribution >= 0.6 is 12.4 Å². The first-order chi connectivity index (χ1) is 15.3. The van der Waals surface area contributed by atoms with E-state index in [2.05, 4.69) is 5.32 Å². The highest BCUT2D eigenvalue weighted by atomic mass is 35.5. The molecule has 0 aromatic heterocycles. The Morgan fingerprint density at radius 2 is 1.76 bits per heavy atom. The fourth-order valence-corrected chi connectivity index (χ4v) is 3.43. The van der Waals surface area contributed by atoms with Crippen LogP contribution in [0.25, 0.3) is 0 Å². The van der Waals surface area contributed by atoms with Crippen LogP contribution in [-0.2, 0) is 16.0 Å². The average molecular weight is 482 g/mol. The van der Waals surface area contributed by atoms with Crippen LogP contribution in [0.2, 0.25) is 0 Å². The van der Waals surface area contributed by atoms with E-state index in [1.54, 1.807) is 24.3 Å². The quantitative estimate of drug-likeness (QED) is 0.429. The maximum Gasteiger partial charge on any atom is 0.341 e. The molecule has 2 atom stereocenters. The van der Waals surface area contributed by atoms with Crippen LogP contribution < -0.4 is 10.1 Å². The summed E-state index contributed by atoms with van der Waals surface area (Å²) in [5, 5.41) is 31.8. The zero-order chi connectivity index (χ0) is 23.5. The van der Waals surface area contributed by atoms with Crippen LogP contribution in [-0.4, -0.2) is 53.7 Å². The normalized spacial score (nSPS) is 14.4. The van der Waals surface area contributed by atoms with E-state index in [9.17, 15) is 15.0 Å². The van der Waals surface area contributed by atoms with Gasteiger partial charge in [0.15, 0.2) is 6.61 Å². The summed E-state index contributed by atoms with van der Waals surface area (Å²) in [6, 6.07) is 10.3. The molecular formula is C25H36ClNO6. The van der Waals surface area contributed by atoms with Crippen LogP contribution in [0.4, 0.5) is 0 Å². The van der Waals surface area contributed by atoms with Crippen molar-refractivity contribution in [3.8, 4) is 11.5 Å². The molecule has 8 heteroatoms. The SMILES string of the molecule is C1CCOC1.Cc1cc(OCC(=O)O)c(C)cc1CCN[C@@H](C)[C@H](O)c1ccc(O)cc1.Cl. The van der Waals surface area contributed by atoms with Crippen molar-refractivity contribution in [2.24, 2.45) is 0 Å². The Morgan fingerprint density at radius 1 is 1.12 bits per heavy atom. The number of ether oxygens (including phenoxy) is 2. The van der Waals surface area contributed by atoms with Crippen LogP contribution in [0.5, 0.6) is 11.5 Å². The van der Waals surface area contributed by atoms with E-state index in [0.29, 0.717) is 12.3 Å². The number of carboxylic acid groups (broad SMARTS) is 1. The van der Waals surface area contributed by atoms with Gasteiger partial charge in [-0.05, 0) is 87.0 Å². The van der Waals surface area contributed by atoms with Crippen molar-refractivity contribution in [2.45, 2.75) is 52.2 Å². The van der Waals surface area contributed by atoms with Crippen LogP contribution in [0, 0.1) is 13.8 Å². The maximum atomic E-state index is 10.6. The lowest BCUT2D eigenvalue weighted by Crippen LogP contribution is -2.33. The summed E-state index contributed by atoms with van der Waals surface area (Å²) in [7, 11) is 0. The van der Waals surface area contributed by atoms with Gasteiger partial charge in [0.25, 0.3) is 0 Å². The number of aryl methyl sites for hydroxylation is 2. The summed E-state index contributed by atoms with van der Waals surface area (Å²) in [5.41, 5.74) is 3.83. The van der Waals surface area contributed by atoms with Gasteiger partial charge in [-0.1, -0.05) is 18.2 Å². The number of benzene rings is 2. The van der Waals surface area contributed by atoms with E-state index in [1.165, 1.54) is 12.8 Å². The number of halogens is 1. The molecule has 3 rings (SSSR count). The fraction of sp³-hybridized carbons (Fsp3) is 0.480. The van der Waals surface area contributed by atoms with Crippen LogP contribution in [0.15, 0.2) is 36.4 Å². The third-order valence-electron chi connectivity index (χ3n) is 5.38. The first-order valence-electron chi connectivity index (χ1n) is 11.0. The van der Waals surface area contributed by atoms with E-state index < -0.39 is 12.1 Å². The second kappa shape index (κ2) is 14.8. The van der Waals surface area contributed by atoms with E-state index in [0.717, 1.165) is 41.9 Å². The molecule has 1 heterocycles. The lowest BCUT2D eigenvalue weighted by Gasteiger charge is -2.21. The molecule has 0 saturated carbocycles. The third-order valence-corrected chi connectivity index (χ3v) is 5.38. The molecule has 0 spiro atoms. The van der Waals surface area contributed by atoms with Gasteiger partial charge in [-0.3, -0.25) is 0 Å². The molecule has 33 heavy (non-hydrogen) atoms. The average Bonchev–Trinajstić information content (AvgIpc) is 3.35. The minimum Gasteiger partial charge on any atom is -0.508 e. The molecule has 0 amide bonds. The Balaban J connectivity index is 0.000000799. The number of hydrogen-bond donors (Lipinski definition) is 4. The summed E-state index contributed by atoms with van der Waals surface area (Å²) in [4.78, 5) is 10.6. The number of hydrogen-bond acceptors (Lipinski definition) is 6. The van der Waals surface area contributed by atoms with Crippen molar-refractivity contribution in [3.05, 3.63) is 58.7 Å². The second-order valence-electron chi connectivity index (χ2n) is 8.08. The van der Waals surface area contributed by atoms with Gasteiger partial charge in [0.1, 0.15) is 11.5 Å². The summed E-state index contributed by atoms with van der Waals surface area (Å²) in [6.45, 7) is 8.11. The first kappa shape index (κ1) is 28.7. The zero-order valence-electron chi connectivity index (χ0n) is 19.5. The number of phenols is 1. The molecule has 1 saturated heterocycles. The molecule has 0 radical (unpaired) electrons. The number of carboxylic acids is 1. The van der Waals surface area contributed by atoms with Gasteiger partial charge in [-0.2, -0.15) is 0 Å². The third kappa shape index (κ3) is 10.0. The molecule has 4 N–H and O–H groups in total. The molecule has 2 aromatic carbocycles. The van der Waals surface area contributed by atoms with Crippen molar-refractivity contribution < 1.29 is 29.6 Å². The van der Waals surface area contributed by atoms with Gasteiger partial charge in [0.2, 0.25) is 0 Å². The van der Waals surface area contributed by atoms with Gasteiger partial charge in [0.05, 0.1) is 6.10 Å². The first-order valence-corrected chi connectivity index (χ1v) is 11.0. The van der Waals surface area contributed by atoms with Crippen LogP contribution in [0.1, 0.15) is 48.1 Å². The van der Waals surface area contributed by atoms with E-state index in [4.69, 9.17) is 14.6 Å². The fourth-order valence-electron chi connectivity index (χ4n) is 3.43. The molecule has 1 aliphatic rings. The van der Waals surface area contributed by atoms with E-state index in [1.807, 2.05) is 32.9 Å². The number of phenolic OH excluding ortho intramolecular Hbond substituents is 1. The Bertz CT molecular complexity index is 847. The lowest BCUT2D eigenvalue weighted by molar-refractivity contribution is -0.139. The summed E-state index contributed by atoms with van der Waals surface area (Å²) in [5.74, 6) is -0.238. The summed E-state index contributed by atoms with van der Waals surface area (Å²) in [6.07, 6.45) is 2.67. The predicted octanol–water partition coefficient (Wildman–Crippen LogP) is 3.95. The second-order valence-corrected chi connectivity index (χ2v) is 8.08. The minimum atomic E-state index is -0.999. The van der Waals surface area contributed by atoms with Gasteiger partial charge in [-0.15, -0.1) is 12.4 Å². The molecule has 7 nitrogen and oxygen atoms in total. The highest BCUT2D eigenvalue weighted by molar-refractivity contribution is 5.85. The molecule has 2 aromatic rings. The molecule has 1 aliphatic heterocycles. The number of aliphatic hydroxyl groups excluding tert-OH is 1. The Hall–Kier alpha value is -2.32. The van der Waals surface area contributed by atoms with Crippen LogP contribution in [0.3, 0.4) is 0 Å². The number of aromatic hydroxyl groups is 1. The minimum absolute atomic E-state index is 0. The zero-order valence-corrected chi connectivity index (χ0v) is 20.4. The van der Waals surface area contributed by atoms with Crippen molar-refractivity contribution in [3.63, 3.8) is 0 Å². The van der Waals surface area contributed by atoms with Crippen molar-refractivity contribution in [2.75, 3.05) is 26.4 Å². The number of carbonyl (C=O) groups is 1. The highest BCUT2D eigenvalue weighted by Gasteiger charge is 2.16. The number of nitrogens with one attached hydrogen (secondary N) is 1. The predicted molar refractivity (Wildman–Crippen MR) is 131 cm³/mol. The van der Waals surface area contributed by atoms with Gasteiger partial charge >= 0.3 is 5.97 Å². The Morgan fingerprint density at radius 3 is 2.30 bits per heavy atom. The maximum absolute atomic E-state index is 10.6. The highest BCUT2D eigenvalue weighted by Crippen LogP contribution is 2.24. The molecule has 0 aliphatic carbocycles. The van der Waals surface area contributed by atoms with Crippen molar-refractivity contribution in [1.29, 1.82) is 0 Å². The molecule has 0 unspecified atom stereocenters. The largest absolute Gasteiger partial charge is 0.508 e. The van der Waals surface area contributed by atoms with Gasteiger partial charge in [-0.25, -0.2) is 4.79 Å². The smallest absolute Gasteiger partial charge is 0.341 e. The molecular weight excluding hydrogens is 446 g/mol. The topological polar surface area (TPSA) is 108 Å². The summed E-state index contributed by atoms with van der Waals surface area (Å²) >= 11 is 0.